The number of carbonyl (C=O) groups excluding carboxylic acids is 2. The Labute approximate surface area is 200 Å². The molecular formula is C26H34N4O2S. The SMILES string of the molecule is CN1CCN(CCNC(=O)[C@H]2c3ccccc3C(=O)N(C3CCCC3)[C@H]2c2cccs2)CC1. The second kappa shape index (κ2) is 9.95. The number of piperazine rings is 1. The summed E-state index contributed by atoms with van der Waals surface area (Å²) in [6.45, 7) is 5.73. The molecule has 0 spiro atoms. The van der Waals surface area contributed by atoms with Crippen LogP contribution in [0.1, 0.15) is 58.4 Å². The van der Waals surface area contributed by atoms with Crippen molar-refractivity contribution >= 4 is 23.2 Å². The van der Waals surface area contributed by atoms with Crippen LogP contribution in [-0.4, -0.2) is 78.9 Å². The summed E-state index contributed by atoms with van der Waals surface area (Å²) in [6, 6.07) is 11.8. The number of amides is 2. The first kappa shape index (κ1) is 22.6. The number of hydrogen-bond donors (Lipinski definition) is 1. The van der Waals surface area contributed by atoms with E-state index in [-0.39, 0.29) is 29.8 Å². The second-order valence-corrected chi connectivity index (χ2v) is 10.6. The molecule has 2 atom stereocenters. The number of hydrogen-bond acceptors (Lipinski definition) is 5. The molecule has 2 amide bonds. The van der Waals surface area contributed by atoms with E-state index in [0.717, 1.165) is 68.8 Å². The Morgan fingerprint density at radius 1 is 1.06 bits per heavy atom. The van der Waals surface area contributed by atoms with E-state index in [2.05, 4.69) is 38.5 Å². The Kier molecular flexibility index (Phi) is 6.81. The van der Waals surface area contributed by atoms with E-state index in [1.807, 2.05) is 30.3 Å². The van der Waals surface area contributed by atoms with E-state index in [1.165, 1.54) is 0 Å². The van der Waals surface area contributed by atoms with Gasteiger partial charge in [0, 0.05) is 55.8 Å². The van der Waals surface area contributed by atoms with Gasteiger partial charge in [0.05, 0.1) is 12.0 Å². The van der Waals surface area contributed by atoms with E-state index in [9.17, 15) is 9.59 Å². The van der Waals surface area contributed by atoms with Crippen molar-refractivity contribution in [3.63, 3.8) is 0 Å². The van der Waals surface area contributed by atoms with Gasteiger partial charge in [-0.25, -0.2) is 0 Å². The molecule has 33 heavy (non-hydrogen) atoms. The van der Waals surface area contributed by atoms with Gasteiger partial charge >= 0.3 is 0 Å². The summed E-state index contributed by atoms with van der Waals surface area (Å²) in [6.07, 6.45) is 4.34. The summed E-state index contributed by atoms with van der Waals surface area (Å²) >= 11 is 1.65. The molecule has 5 rings (SSSR count). The van der Waals surface area contributed by atoms with E-state index < -0.39 is 0 Å². The van der Waals surface area contributed by atoms with Crippen LogP contribution in [0.5, 0.6) is 0 Å². The molecule has 0 radical (unpaired) electrons. The van der Waals surface area contributed by atoms with Crippen LogP contribution in [-0.2, 0) is 4.79 Å². The molecule has 0 unspecified atom stereocenters. The molecule has 2 aromatic rings. The smallest absolute Gasteiger partial charge is 0.254 e. The summed E-state index contributed by atoms with van der Waals surface area (Å²) < 4.78 is 0. The highest BCUT2D eigenvalue weighted by atomic mass is 32.1. The molecule has 0 bridgehead atoms. The highest BCUT2D eigenvalue weighted by Gasteiger charge is 2.47. The summed E-state index contributed by atoms with van der Waals surface area (Å²) in [5.74, 6) is -0.270. The Morgan fingerprint density at radius 3 is 2.55 bits per heavy atom. The molecule has 6 nitrogen and oxygen atoms in total. The van der Waals surface area contributed by atoms with Crippen LogP contribution in [0.3, 0.4) is 0 Å². The third-order valence-corrected chi connectivity index (χ3v) is 8.48. The zero-order valence-electron chi connectivity index (χ0n) is 19.4. The third-order valence-electron chi connectivity index (χ3n) is 7.53. The van der Waals surface area contributed by atoms with Crippen LogP contribution >= 0.6 is 11.3 Å². The maximum absolute atomic E-state index is 13.8. The normalized spacial score (nSPS) is 24.8. The largest absolute Gasteiger partial charge is 0.354 e. The van der Waals surface area contributed by atoms with E-state index >= 15 is 0 Å². The van der Waals surface area contributed by atoms with Crippen LogP contribution in [0.15, 0.2) is 41.8 Å². The van der Waals surface area contributed by atoms with E-state index in [0.29, 0.717) is 12.1 Å². The molecule has 2 fully saturated rings. The maximum Gasteiger partial charge on any atom is 0.254 e. The predicted molar refractivity (Wildman–Crippen MR) is 132 cm³/mol. The molecule has 176 valence electrons. The van der Waals surface area contributed by atoms with Gasteiger partial charge in [-0.05, 0) is 43.0 Å². The van der Waals surface area contributed by atoms with Gasteiger partial charge in [0.2, 0.25) is 5.91 Å². The first-order valence-corrected chi connectivity index (χ1v) is 13.1. The number of benzene rings is 1. The van der Waals surface area contributed by atoms with Gasteiger partial charge in [-0.15, -0.1) is 11.3 Å². The third kappa shape index (κ3) is 4.59. The molecule has 3 aliphatic rings. The average molecular weight is 467 g/mol. The number of likely N-dealkylation sites (N-methyl/N-ethyl adjacent to an activating group) is 1. The fourth-order valence-electron chi connectivity index (χ4n) is 5.70. The van der Waals surface area contributed by atoms with Gasteiger partial charge < -0.3 is 15.1 Å². The molecule has 7 heteroatoms. The van der Waals surface area contributed by atoms with Crippen molar-refractivity contribution in [2.75, 3.05) is 46.3 Å². The minimum absolute atomic E-state index is 0.0328. The Bertz CT molecular complexity index is 964. The first-order valence-electron chi connectivity index (χ1n) is 12.3. The van der Waals surface area contributed by atoms with Crippen molar-refractivity contribution in [3.8, 4) is 0 Å². The highest BCUT2D eigenvalue weighted by molar-refractivity contribution is 7.10. The molecule has 1 N–H and O–H groups in total. The van der Waals surface area contributed by atoms with Gasteiger partial charge in [0.25, 0.3) is 5.91 Å². The van der Waals surface area contributed by atoms with Crippen LogP contribution in [0.2, 0.25) is 0 Å². The predicted octanol–water partition coefficient (Wildman–Crippen LogP) is 3.34. The lowest BCUT2D eigenvalue weighted by Crippen LogP contribution is -2.51. The number of nitrogens with one attached hydrogen (secondary N) is 1. The Morgan fingerprint density at radius 2 is 1.82 bits per heavy atom. The zero-order valence-corrected chi connectivity index (χ0v) is 20.2. The average Bonchev–Trinajstić information content (AvgIpc) is 3.55. The van der Waals surface area contributed by atoms with Crippen molar-refractivity contribution in [3.05, 3.63) is 57.8 Å². The number of nitrogens with zero attached hydrogens (tertiary/aromatic N) is 3. The molecule has 1 aromatic carbocycles. The lowest BCUT2D eigenvalue weighted by molar-refractivity contribution is -0.124. The number of fused-ring (bicyclic) bond motifs is 1. The summed E-state index contributed by atoms with van der Waals surface area (Å²) in [4.78, 5) is 35.4. The molecular weight excluding hydrogens is 432 g/mol. The molecule has 1 saturated heterocycles. The highest BCUT2D eigenvalue weighted by Crippen LogP contribution is 2.47. The van der Waals surface area contributed by atoms with Crippen molar-refractivity contribution in [1.82, 2.24) is 20.0 Å². The van der Waals surface area contributed by atoms with Crippen LogP contribution in [0.4, 0.5) is 0 Å². The van der Waals surface area contributed by atoms with Gasteiger partial charge in [-0.3, -0.25) is 14.5 Å². The van der Waals surface area contributed by atoms with Crippen LogP contribution in [0.25, 0.3) is 0 Å². The first-order chi connectivity index (χ1) is 16.1. The molecule has 2 aliphatic heterocycles. The van der Waals surface area contributed by atoms with Crippen molar-refractivity contribution in [1.29, 1.82) is 0 Å². The van der Waals surface area contributed by atoms with E-state index in [1.54, 1.807) is 11.3 Å². The van der Waals surface area contributed by atoms with Crippen LogP contribution < -0.4 is 5.32 Å². The molecule has 1 aliphatic carbocycles. The van der Waals surface area contributed by atoms with Crippen LogP contribution in [0, 0.1) is 0 Å². The fourth-order valence-corrected chi connectivity index (χ4v) is 6.56. The summed E-state index contributed by atoms with van der Waals surface area (Å²) in [5, 5.41) is 5.29. The maximum atomic E-state index is 13.8. The van der Waals surface area contributed by atoms with Crippen molar-refractivity contribution < 1.29 is 9.59 Å². The standard InChI is InChI=1S/C26H34N4O2S/c1-28-14-16-29(17-15-28)13-12-27-25(31)23-20-9-4-5-10-21(20)26(32)30(19-7-2-3-8-19)24(23)22-11-6-18-33-22/h4-6,9-11,18-19,23-24H,2-3,7-8,12-17H2,1H3,(H,27,31)/t23-,24-/m0/s1. The number of rotatable bonds is 6. The number of thiophene rings is 1. The monoisotopic (exact) mass is 466 g/mol. The fraction of sp³-hybridized carbons (Fsp3) is 0.538. The van der Waals surface area contributed by atoms with E-state index in [4.69, 9.17) is 0 Å². The Balaban J connectivity index is 1.42. The minimum atomic E-state index is -0.384. The molecule has 1 saturated carbocycles. The quantitative estimate of drug-likeness (QED) is 0.710. The molecule has 3 heterocycles. The summed E-state index contributed by atoms with van der Waals surface area (Å²) in [5.41, 5.74) is 1.56. The van der Waals surface area contributed by atoms with Gasteiger partial charge in [-0.1, -0.05) is 37.1 Å². The summed E-state index contributed by atoms with van der Waals surface area (Å²) in [7, 11) is 2.15. The second-order valence-electron chi connectivity index (χ2n) is 9.61. The molecule has 1 aromatic heterocycles. The van der Waals surface area contributed by atoms with Gasteiger partial charge in [0.15, 0.2) is 0 Å². The van der Waals surface area contributed by atoms with Gasteiger partial charge in [-0.2, -0.15) is 0 Å². The van der Waals surface area contributed by atoms with Crippen molar-refractivity contribution in [2.45, 2.75) is 43.7 Å². The zero-order chi connectivity index (χ0) is 22.8. The lowest BCUT2D eigenvalue weighted by Gasteiger charge is -2.44. The Hall–Kier alpha value is -2.22. The lowest BCUT2D eigenvalue weighted by atomic mass is 9.80. The topological polar surface area (TPSA) is 55.9 Å². The number of carbonyl (C=O) groups is 2. The van der Waals surface area contributed by atoms with Crippen molar-refractivity contribution in [2.24, 2.45) is 0 Å². The van der Waals surface area contributed by atoms with Gasteiger partial charge in [0.1, 0.15) is 0 Å². The minimum Gasteiger partial charge on any atom is -0.354 e.